The standard InChI is InChI=1S/C23H25NO6/c1-14(29-21(26)19-13-28-17-7-5-6-8-18(17)30-19)20(25)15-9-11-16(12-10-15)24-22(27)23(2,3)4/h5-12,14,19H,13H2,1-4H3,(H,24,27)/t14-,19+/m1/s1. The molecule has 3 rings (SSSR count). The van der Waals surface area contributed by atoms with Crippen LogP contribution in [0.25, 0.3) is 0 Å². The third-order valence-electron chi connectivity index (χ3n) is 4.54. The third kappa shape index (κ3) is 4.97. The van der Waals surface area contributed by atoms with Crippen molar-refractivity contribution in [2.45, 2.75) is 39.9 Å². The van der Waals surface area contributed by atoms with E-state index in [-0.39, 0.29) is 18.3 Å². The summed E-state index contributed by atoms with van der Waals surface area (Å²) < 4.78 is 16.4. The largest absolute Gasteiger partial charge is 0.485 e. The highest BCUT2D eigenvalue weighted by molar-refractivity contribution is 6.01. The first kappa shape index (κ1) is 21.4. The summed E-state index contributed by atoms with van der Waals surface area (Å²) in [6.07, 6.45) is -1.93. The molecule has 2 atom stereocenters. The predicted molar refractivity (Wildman–Crippen MR) is 111 cm³/mol. The van der Waals surface area contributed by atoms with Gasteiger partial charge in [0.15, 0.2) is 17.6 Å². The lowest BCUT2D eigenvalue weighted by molar-refractivity contribution is -0.157. The molecule has 7 heteroatoms. The predicted octanol–water partition coefficient (Wildman–Crippen LogP) is 3.63. The molecule has 7 nitrogen and oxygen atoms in total. The topological polar surface area (TPSA) is 90.9 Å². The minimum Gasteiger partial charge on any atom is -0.485 e. The van der Waals surface area contributed by atoms with Crippen molar-refractivity contribution in [2.75, 3.05) is 11.9 Å². The molecule has 1 N–H and O–H groups in total. The maximum atomic E-state index is 12.6. The van der Waals surface area contributed by atoms with Crippen LogP contribution in [-0.2, 0) is 14.3 Å². The second-order valence-corrected chi connectivity index (χ2v) is 8.09. The number of Topliss-reactive ketones (excluding diaryl/α,β-unsaturated/α-hetero) is 1. The Kier molecular flexibility index (Phi) is 6.10. The van der Waals surface area contributed by atoms with Crippen LogP contribution < -0.4 is 14.8 Å². The molecule has 0 saturated carbocycles. The van der Waals surface area contributed by atoms with E-state index in [2.05, 4.69) is 5.32 Å². The maximum Gasteiger partial charge on any atom is 0.351 e. The van der Waals surface area contributed by atoms with Crippen LogP contribution >= 0.6 is 0 Å². The zero-order chi connectivity index (χ0) is 21.9. The molecule has 1 heterocycles. The summed E-state index contributed by atoms with van der Waals surface area (Å²) >= 11 is 0. The van der Waals surface area contributed by atoms with Gasteiger partial charge in [-0.25, -0.2) is 4.79 Å². The van der Waals surface area contributed by atoms with Crippen molar-refractivity contribution in [1.29, 1.82) is 0 Å². The number of carbonyl (C=O) groups is 3. The fourth-order valence-electron chi connectivity index (χ4n) is 2.71. The number of para-hydroxylation sites is 2. The number of hydrogen-bond donors (Lipinski definition) is 1. The minimum absolute atomic E-state index is 0.0128. The lowest BCUT2D eigenvalue weighted by Crippen LogP contribution is -2.40. The number of carbonyl (C=O) groups excluding carboxylic acids is 3. The molecule has 0 aliphatic carbocycles. The number of ether oxygens (including phenoxy) is 3. The van der Waals surface area contributed by atoms with Crippen LogP contribution in [0.1, 0.15) is 38.1 Å². The Bertz CT molecular complexity index is 945. The van der Waals surface area contributed by atoms with Crippen molar-refractivity contribution in [1.82, 2.24) is 0 Å². The molecular formula is C23H25NO6. The summed E-state index contributed by atoms with van der Waals surface area (Å²) in [5, 5.41) is 2.79. The van der Waals surface area contributed by atoms with Gasteiger partial charge < -0.3 is 19.5 Å². The number of esters is 1. The van der Waals surface area contributed by atoms with Gasteiger partial charge in [0, 0.05) is 16.7 Å². The van der Waals surface area contributed by atoms with Gasteiger partial charge in [-0.2, -0.15) is 0 Å². The van der Waals surface area contributed by atoms with Crippen molar-refractivity contribution < 1.29 is 28.6 Å². The van der Waals surface area contributed by atoms with Crippen molar-refractivity contribution in [2.24, 2.45) is 5.41 Å². The maximum absolute atomic E-state index is 12.6. The van der Waals surface area contributed by atoms with Gasteiger partial charge >= 0.3 is 5.97 Å². The van der Waals surface area contributed by atoms with Gasteiger partial charge in [0.05, 0.1) is 0 Å². The van der Waals surface area contributed by atoms with Crippen molar-refractivity contribution in [3.8, 4) is 11.5 Å². The summed E-state index contributed by atoms with van der Waals surface area (Å²) in [5.41, 5.74) is 0.431. The summed E-state index contributed by atoms with van der Waals surface area (Å²) in [4.78, 5) is 37.1. The zero-order valence-electron chi connectivity index (χ0n) is 17.4. The molecule has 0 spiro atoms. The third-order valence-corrected chi connectivity index (χ3v) is 4.54. The van der Waals surface area contributed by atoms with Crippen molar-refractivity contribution in [3.05, 3.63) is 54.1 Å². The molecule has 0 bridgehead atoms. The summed E-state index contributed by atoms with van der Waals surface area (Å²) in [6, 6.07) is 13.5. The minimum atomic E-state index is -0.992. The second-order valence-electron chi connectivity index (χ2n) is 8.09. The first-order valence-electron chi connectivity index (χ1n) is 9.70. The number of amides is 1. The summed E-state index contributed by atoms with van der Waals surface area (Å²) in [5.74, 6) is -0.129. The van der Waals surface area contributed by atoms with E-state index < -0.39 is 23.6 Å². The molecule has 158 valence electrons. The number of anilines is 1. The molecule has 0 unspecified atom stereocenters. The van der Waals surface area contributed by atoms with Gasteiger partial charge in [-0.05, 0) is 43.3 Å². The van der Waals surface area contributed by atoms with Gasteiger partial charge in [0.2, 0.25) is 17.8 Å². The number of benzene rings is 2. The Labute approximate surface area is 175 Å². The van der Waals surface area contributed by atoms with Crippen molar-refractivity contribution in [3.63, 3.8) is 0 Å². The average molecular weight is 411 g/mol. The van der Waals surface area contributed by atoms with Gasteiger partial charge in [-0.3, -0.25) is 9.59 Å². The van der Waals surface area contributed by atoms with E-state index in [0.29, 0.717) is 22.7 Å². The van der Waals surface area contributed by atoms with Crippen LogP contribution in [-0.4, -0.2) is 36.5 Å². The van der Waals surface area contributed by atoms with Crippen molar-refractivity contribution >= 4 is 23.3 Å². The Morgan fingerprint density at radius 2 is 1.67 bits per heavy atom. The van der Waals surface area contributed by atoms with Crippen LogP contribution in [0.15, 0.2) is 48.5 Å². The summed E-state index contributed by atoms with van der Waals surface area (Å²) in [6.45, 7) is 6.97. The van der Waals surface area contributed by atoms with Crippen LogP contribution in [0.4, 0.5) is 5.69 Å². The Morgan fingerprint density at radius 3 is 2.30 bits per heavy atom. The molecule has 2 aromatic rings. The van der Waals surface area contributed by atoms with Gasteiger partial charge in [0.1, 0.15) is 6.61 Å². The normalized spacial score (nSPS) is 16.3. The number of nitrogens with one attached hydrogen (secondary N) is 1. The first-order chi connectivity index (χ1) is 14.1. The highest BCUT2D eigenvalue weighted by Crippen LogP contribution is 2.31. The van der Waals surface area contributed by atoms with Gasteiger partial charge in [-0.1, -0.05) is 32.9 Å². The average Bonchev–Trinajstić information content (AvgIpc) is 2.72. The molecule has 1 aliphatic heterocycles. The molecule has 1 aliphatic rings. The monoisotopic (exact) mass is 411 g/mol. The number of rotatable bonds is 5. The van der Waals surface area contributed by atoms with E-state index in [9.17, 15) is 14.4 Å². The lowest BCUT2D eigenvalue weighted by Gasteiger charge is -2.25. The molecule has 0 aromatic heterocycles. The SMILES string of the molecule is C[C@@H](OC(=O)[C@@H]1COc2ccccc2O1)C(=O)c1ccc(NC(=O)C(C)(C)C)cc1. The smallest absolute Gasteiger partial charge is 0.351 e. The first-order valence-corrected chi connectivity index (χ1v) is 9.70. The quantitative estimate of drug-likeness (QED) is 0.597. The Morgan fingerprint density at radius 1 is 1.03 bits per heavy atom. The van der Waals surface area contributed by atoms with E-state index in [1.165, 1.54) is 6.92 Å². The Balaban J connectivity index is 1.58. The van der Waals surface area contributed by atoms with Gasteiger partial charge in [-0.15, -0.1) is 0 Å². The molecule has 30 heavy (non-hydrogen) atoms. The van der Waals surface area contributed by atoms with Crippen LogP contribution in [0, 0.1) is 5.41 Å². The van der Waals surface area contributed by atoms with Crippen LogP contribution in [0.2, 0.25) is 0 Å². The van der Waals surface area contributed by atoms with E-state index in [4.69, 9.17) is 14.2 Å². The lowest BCUT2D eigenvalue weighted by atomic mass is 9.95. The van der Waals surface area contributed by atoms with Crippen LogP contribution in [0.5, 0.6) is 11.5 Å². The molecule has 1 amide bonds. The zero-order valence-corrected chi connectivity index (χ0v) is 17.4. The molecule has 0 fully saturated rings. The van der Waals surface area contributed by atoms with E-state index in [1.807, 2.05) is 20.8 Å². The summed E-state index contributed by atoms with van der Waals surface area (Å²) in [7, 11) is 0. The number of fused-ring (bicyclic) bond motifs is 1. The highest BCUT2D eigenvalue weighted by atomic mass is 16.6. The van der Waals surface area contributed by atoms with E-state index in [0.717, 1.165) is 0 Å². The Hall–Kier alpha value is -3.35. The van der Waals surface area contributed by atoms with Crippen LogP contribution in [0.3, 0.4) is 0 Å². The fourth-order valence-corrected chi connectivity index (χ4v) is 2.71. The second kappa shape index (κ2) is 8.57. The number of ketones is 1. The number of hydrogen-bond acceptors (Lipinski definition) is 6. The highest BCUT2D eigenvalue weighted by Gasteiger charge is 2.31. The molecule has 0 radical (unpaired) electrons. The van der Waals surface area contributed by atoms with E-state index in [1.54, 1.807) is 48.5 Å². The fraction of sp³-hybridized carbons (Fsp3) is 0.348. The van der Waals surface area contributed by atoms with E-state index >= 15 is 0 Å². The molecular weight excluding hydrogens is 386 g/mol. The van der Waals surface area contributed by atoms with Gasteiger partial charge in [0.25, 0.3) is 0 Å². The molecule has 0 saturated heterocycles. The molecule has 2 aromatic carbocycles.